The quantitative estimate of drug-likeness (QED) is 0.522. The zero-order valence-corrected chi connectivity index (χ0v) is 15.9. The minimum absolute atomic E-state index is 0.00651. The molecule has 0 amide bonds. The van der Waals surface area contributed by atoms with Gasteiger partial charge in [0, 0.05) is 16.7 Å². The summed E-state index contributed by atoms with van der Waals surface area (Å²) in [6.07, 6.45) is 1.12. The van der Waals surface area contributed by atoms with Gasteiger partial charge in [0.05, 0.1) is 5.56 Å². The van der Waals surface area contributed by atoms with Crippen molar-refractivity contribution in [2.45, 2.75) is 32.8 Å². The molecular weight excluding hydrogens is 380 g/mol. The summed E-state index contributed by atoms with van der Waals surface area (Å²) in [6.45, 7) is 3.05. The summed E-state index contributed by atoms with van der Waals surface area (Å²) in [7, 11) is 0. The van der Waals surface area contributed by atoms with E-state index in [1.54, 1.807) is 6.07 Å². The van der Waals surface area contributed by atoms with Crippen LogP contribution in [-0.2, 0) is 19.0 Å². The first-order chi connectivity index (χ1) is 14.9. The fraction of sp³-hybridized carbons (Fsp3) is 0.316. The Bertz CT molecular complexity index is 1290. The molecule has 0 aliphatic carbocycles. The highest BCUT2D eigenvalue weighted by Gasteiger charge is 2.24. The van der Waals surface area contributed by atoms with E-state index < -0.39 is 24.0 Å². The molecule has 29 heavy (non-hydrogen) atoms. The maximum atomic E-state index is 14.3. The standard InChI is InChI=1S/C19H19F2N7O/c1-19(2,3)13-8-15-24-25-17(12-7-11(20)5-6-14(12)21)28(15)26-18(13)29-9-16-22-10-23-27(16)4/h5-8,10H,9H2,1-4H3/i4D3. The molecule has 0 N–H and O–H groups in total. The number of rotatable bonds is 4. The Kier molecular flexibility index (Phi) is 3.67. The maximum Gasteiger partial charge on any atom is 0.236 e. The molecule has 0 fully saturated rings. The Labute approximate surface area is 169 Å². The molecule has 1 aromatic carbocycles. The van der Waals surface area contributed by atoms with E-state index in [0.29, 0.717) is 11.2 Å². The van der Waals surface area contributed by atoms with Gasteiger partial charge in [-0.1, -0.05) is 20.8 Å². The lowest BCUT2D eigenvalue weighted by atomic mass is 9.88. The van der Waals surface area contributed by atoms with Crippen LogP contribution in [-0.4, -0.2) is 34.6 Å². The number of aryl methyl sites for hydroxylation is 1. The predicted molar refractivity (Wildman–Crippen MR) is 100 cm³/mol. The van der Waals surface area contributed by atoms with Crippen molar-refractivity contribution in [2.24, 2.45) is 6.98 Å². The summed E-state index contributed by atoms with van der Waals surface area (Å²) in [5.41, 5.74) is 0.426. The highest BCUT2D eigenvalue weighted by Crippen LogP contribution is 2.32. The smallest absolute Gasteiger partial charge is 0.236 e. The second-order valence-electron chi connectivity index (χ2n) is 7.41. The molecule has 3 aromatic heterocycles. The average Bonchev–Trinajstić information content (AvgIpc) is 3.33. The molecular formula is C19H19F2N7O. The first kappa shape index (κ1) is 15.5. The van der Waals surface area contributed by atoms with Crippen LogP contribution in [0.4, 0.5) is 8.78 Å². The number of benzene rings is 1. The number of hydrogen-bond acceptors (Lipinski definition) is 6. The molecule has 4 aromatic rings. The second kappa shape index (κ2) is 6.87. The molecule has 8 nitrogen and oxygen atoms in total. The molecule has 10 heteroatoms. The monoisotopic (exact) mass is 402 g/mol. The molecule has 0 radical (unpaired) electrons. The van der Waals surface area contributed by atoms with E-state index in [1.165, 1.54) is 4.52 Å². The number of aromatic nitrogens is 7. The largest absolute Gasteiger partial charge is 0.468 e. The van der Waals surface area contributed by atoms with Gasteiger partial charge < -0.3 is 4.74 Å². The minimum Gasteiger partial charge on any atom is -0.468 e. The van der Waals surface area contributed by atoms with Gasteiger partial charge in [-0.25, -0.2) is 13.8 Å². The van der Waals surface area contributed by atoms with E-state index in [-0.39, 0.29) is 29.7 Å². The summed E-state index contributed by atoms with van der Waals surface area (Å²) < 4.78 is 58.5. The van der Waals surface area contributed by atoms with Gasteiger partial charge in [0.1, 0.15) is 24.6 Å². The zero-order valence-electron chi connectivity index (χ0n) is 18.9. The Morgan fingerprint density at radius 2 is 2.00 bits per heavy atom. The Balaban J connectivity index is 1.80. The lowest BCUT2D eigenvalue weighted by Crippen LogP contribution is -2.17. The lowest BCUT2D eigenvalue weighted by Gasteiger charge is -2.21. The van der Waals surface area contributed by atoms with Crippen LogP contribution in [0.5, 0.6) is 5.88 Å². The van der Waals surface area contributed by atoms with Crippen molar-refractivity contribution >= 4 is 5.65 Å². The van der Waals surface area contributed by atoms with E-state index in [9.17, 15) is 8.78 Å². The maximum absolute atomic E-state index is 14.3. The lowest BCUT2D eigenvalue weighted by molar-refractivity contribution is 0.266. The van der Waals surface area contributed by atoms with E-state index >= 15 is 0 Å². The summed E-state index contributed by atoms with van der Waals surface area (Å²) >= 11 is 0. The van der Waals surface area contributed by atoms with Gasteiger partial charge in [-0.3, -0.25) is 4.68 Å². The number of nitrogens with zero attached hydrogens (tertiary/aromatic N) is 7. The molecule has 0 saturated heterocycles. The first-order valence-electron chi connectivity index (χ1n) is 10.2. The Morgan fingerprint density at radius 3 is 2.76 bits per heavy atom. The number of halogens is 2. The third kappa shape index (κ3) is 3.53. The van der Waals surface area contributed by atoms with Crippen LogP contribution in [0.25, 0.3) is 17.0 Å². The van der Waals surface area contributed by atoms with Crippen molar-refractivity contribution in [2.75, 3.05) is 0 Å². The van der Waals surface area contributed by atoms with E-state index in [1.807, 2.05) is 20.8 Å². The molecule has 0 bridgehead atoms. The van der Waals surface area contributed by atoms with E-state index in [0.717, 1.165) is 29.2 Å². The van der Waals surface area contributed by atoms with Gasteiger partial charge in [0.2, 0.25) is 5.88 Å². The third-order valence-electron chi connectivity index (χ3n) is 4.29. The summed E-state index contributed by atoms with van der Waals surface area (Å²) in [5, 5.41) is 16.2. The molecule has 0 unspecified atom stereocenters. The van der Waals surface area contributed by atoms with Crippen LogP contribution in [0.15, 0.2) is 30.6 Å². The van der Waals surface area contributed by atoms with Crippen molar-refractivity contribution in [1.29, 1.82) is 0 Å². The van der Waals surface area contributed by atoms with Crippen molar-refractivity contribution in [3.05, 3.63) is 53.6 Å². The molecule has 0 saturated carbocycles. The van der Waals surface area contributed by atoms with Crippen LogP contribution < -0.4 is 4.74 Å². The molecule has 150 valence electrons. The number of fused-ring (bicyclic) bond motifs is 1. The van der Waals surface area contributed by atoms with Gasteiger partial charge in [-0.2, -0.15) is 9.61 Å². The topological polar surface area (TPSA) is 83.0 Å². The average molecular weight is 402 g/mol. The minimum atomic E-state index is -2.52. The SMILES string of the molecule is [2H]C([2H])([2H])n1ncnc1COc1nn2c(-c3cc(F)ccc3F)nnc2cc1C(C)(C)C. The molecule has 0 spiro atoms. The second-order valence-corrected chi connectivity index (χ2v) is 7.41. The summed E-state index contributed by atoms with van der Waals surface area (Å²) in [4.78, 5) is 3.94. The zero-order chi connectivity index (χ0) is 23.3. The van der Waals surface area contributed by atoms with Gasteiger partial charge in [-0.05, 0) is 29.7 Å². The van der Waals surface area contributed by atoms with Crippen LogP contribution in [0.2, 0.25) is 0 Å². The predicted octanol–water partition coefficient (Wildman–Crippen LogP) is 3.07. The van der Waals surface area contributed by atoms with Gasteiger partial charge in [0.25, 0.3) is 0 Å². The summed E-state index contributed by atoms with van der Waals surface area (Å²) in [5.74, 6) is -1.11. The Morgan fingerprint density at radius 1 is 1.17 bits per heavy atom. The molecule has 3 heterocycles. The fourth-order valence-corrected chi connectivity index (χ4v) is 2.79. The first-order valence-corrected chi connectivity index (χ1v) is 8.69. The van der Waals surface area contributed by atoms with Crippen molar-refractivity contribution in [3.63, 3.8) is 0 Å². The highest BCUT2D eigenvalue weighted by molar-refractivity contribution is 5.60. The van der Waals surface area contributed by atoms with E-state index in [2.05, 4.69) is 25.4 Å². The van der Waals surface area contributed by atoms with Crippen molar-refractivity contribution < 1.29 is 17.6 Å². The van der Waals surface area contributed by atoms with E-state index in [4.69, 9.17) is 8.85 Å². The van der Waals surface area contributed by atoms with Crippen LogP contribution in [0.1, 0.15) is 36.3 Å². The highest BCUT2D eigenvalue weighted by atomic mass is 19.1. The molecule has 0 aliphatic heterocycles. The fourth-order valence-electron chi connectivity index (χ4n) is 2.79. The molecule has 0 aliphatic rings. The normalized spacial score (nSPS) is 13.9. The number of hydrogen-bond donors (Lipinski definition) is 0. The molecule has 0 atom stereocenters. The van der Waals surface area contributed by atoms with Crippen LogP contribution in [0, 0.1) is 11.6 Å². The molecule has 4 rings (SSSR count). The Hall–Kier alpha value is -3.43. The van der Waals surface area contributed by atoms with Crippen LogP contribution in [0.3, 0.4) is 0 Å². The summed E-state index contributed by atoms with van der Waals surface area (Å²) in [6, 6.07) is 4.69. The van der Waals surface area contributed by atoms with Gasteiger partial charge in [0.15, 0.2) is 17.3 Å². The van der Waals surface area contributed by atoms with Gasteiger partial charge >= 0.3 is 0 Å². The van der Waals surface area contributed by atoms with Crippen LogP contribution >= 0.6 is 0 Å². The number of ether oxygens (including phenoxy) is 1. The third-order valence-corrected chi connectivity index (χ3v) is 4.29. The van der Waals surface area contributed by atoms with Crippen molar-refractivity contribution in [1.82, 2.24) is 34.6 Å². The van der Waals surface area contributed by atoms with Gasteiger partial charge in [-0.15, -0.1) is 15.3 Å². The van der Waals surface area contributed by atoms with Crippen molar-refractivity contribution in [3.8, 4) is 17.3 Å².